The van der Waals surface area contributed by atoms with Gasteiger partial charge in [0.15, 0.2) is 0 Å². The Morgan fingerprint density at radius 2 is 1.65 bits per heavy atom. The molecule has 5 nitrogen and oxygen atoms in total. The maximum Gasteiger partial charge on any atom is 0.323 e. The lowest BCUT2D eigenvalue weighted by Crippen LogP contribution is -2.19. The fourth-order valence-electron chi connectivity index (χ4n) is 2.51. The summed E-state index contributed by atoms with van der Waals surface area (Å²) in [6.45, 7) is 1.95. The van der Waals surface area contributed by atoms with E-state index in [1.54, 1.807) is 24.4 Å². The molecule has 2 amide bonds. The summed E-state index contributed by atoms with van der Waals surface area (Å²) in [4.78, 5) is 16.3. The van der Waals surface area contributed by atoms with Crippen molar-refractivity contribution in [2.24, 2.45) is 0 Å². The molecule has 1 aromatic heterocycles. The van der Waals surface area contributed by atoms with Crippen molar-refractivity contribution in [2.45, 2.75) is 6.92 Å². The van der Waals surface area contributed by atoms with Gasteiger partial charge in [-0.15, -0.1) is 0 Å². The second-order valence-electron chi connectivity index (χ2n) is 5.69. The standard InChI is InChI=1S/C20H18ClN3O2/c1-13-11-15(9-10-22-13)14-3-5-16(6-4-14)23-20(25)24-17-7-8-19(26-2)18(21)12-17/h3-12H,1-2H3,(H2,23,24,25). The zero-order valence-electron chi connectivity index (χ0n) is 14.4. The predicted octanol–water partition coefficient (Wildman–Crippen LogP) is 5.36. The number of nitrogens with one attached hydrogen (secondary N) is 2. The molecule has 0 aliphatic rings. The highest BCUT2D eigenvalue weighted by molar-refractivity contribution is 6.32. The fraction of sp³-hybridized carbons (Fsp3) is 0.100. The lowest BCUT2D eigenvalue weighted by molar-refractivity contribution is 0.262. The molecule has 1 heterocycles. The largest absolute Gasteiger partial charge is 0.495 e. The van der Waals surface area contributed by atoms with Gasteiger partial charge in [-0.25, -0.2) is 4.79 Å². The molecule has 2 N–H and O–H groups in total. The van der Waals surface area contributed by atoms with E-state index in [1.807, 2.05) is 43.3 Å². The predicted molar refractivity (Wildman–Crippen MR) is 105 cm³/mol. The molecule has 132 valence electrons. The highest BCUT2D eigenvalue weighted by Crippen LogP contribution is 2.27. The van der Waals surface area contributed by atoms with Crippen LogP contribution in [0.1, 0.15) is 5.69 Å². The van der Waals surface area contributed by atoms with Crippen LogP contribution in [0, 0.1) is 6.92 Å². The van der Waals surface area contributed by atoms with Crippen LogP contribution in [0.5, 0.6) is 5.75 Å². The van der Waals surface area contributed by atoms with Gasteiger partial charge in [-0.1, -0.05) is 23.7 Å². The van der Waals surface area contributed by atoms with Gasteiger partial charge < -0.3 is 15.4 Å². The lowest BCUT2D eigenvalue weighted by Gasteiger charge is -2.10. The number of hydrogen-bond donors (Lipinski definition) is 2. The van der Waals surface area contributed by atoms with Crippen LogP contribution in [0.3, 0.4) is 0 Å². The second-order valence-corrected chi connectivity index (χ2v) is 6.10. The smallest absolute Gasteiger partial charge is 0.323 e. The Bertz CT molecular complexity index is 927. The molecule has 0 atom stereocenters. The van der Waals surface area contributed by atoms with Crippen molar-refractivity contribution in [2.75, 3.05) is 17.7 Å². The minimum absolute atomic E-state index is 0.348. The first kappa shape index (κ1) is 17.8. The number of aryl methyl sites for hydroxylation is 1. The van der Waals surface area contributed by atoms with Gasteiger partial charge in [0.1, 0.15) is 5.75 Å². The average Bonchev–Trinajstić information content (AvgIpc) is 2.62. The van der Waals surface area contributed by atoms with Gasteiger partial charge in [0.25, 0.3) is 0 Å². The number of halogens is 1. The van der Waals surface area contributed by atoms with Crippen molar-refractivity contribution in [1.82, 2.24) is 4.98 Å². The Morgan fingerprint density at radius 3 is 2.31 bits per heavy atom. The number of urea groups is 1. The van der Waals surface area contributed by atoms with Crippen molar-refractivity contribution in [3.05, 3.63) is 71.5 Å². The van der Waals surface area contributed by atoms with E-state index in [4.69, 9.17) is 16.3 Å². The molecule has 26 heavy (non-hydrogen) atoms. The summed E-state index contributed by atoms with van der Waals surface area (Å²) in [7, 11) is 1.54. The summed E-state index contributed by atoms with van der Waals surface area (Å²) in [6, 6.07) is 16.3. The number of hydrogen-bond acceptors (Lipinski definition) is 3. The molecule has 3 aromatic rings. The van der Waals surface area contributed by atoms with Crippen LogP contribution in [0.25, 0.3) is 11.1 Å². The lowest BCUT2D eigenvalue weighted by atomic mass is 10.1. The SMILES string of the molecule is COc1ccc(NC(=O)Nc2ccc(-c3ccnc(C)c3)cc2)cc1Cl. The van der Waals surface area contributed by atoms with Gasteiger partial charge >= 0.3 is 6.03 Å². The van der Waals surface area contributed by atoms with Gasteiger partial charge in [0.05, 0.1) is 12.1 Å². The zero-order valence-corrected chi connectivity index (χ0v) is 15.2. The van der Waals surface area contributed by atoms with Crippen LogP contribution in [0.4, 0.5) is 16.2 Å². The van der Waals surface area contributed by atoms with E-state index >= 15 is 0 Å². The molecule has 0 bridgehead atoms. The van der Waals surface area contributed by atoms with Gasteiger partial charge in [-0.05, 0) is 60.5 Å². The number of aromatic nitrogens is 1. The Balaban J connectivity index is 1.65. The Hall–Kier alpha value is -3.05. The molecule has 0 radical (unpaired) electrons. The van der Waals surface area contributed by atoms with E-state index in [0.717, 1.165) is 16.8 Å². The minimum Gasteiger partial charge on any atom is -0.495 e. The molecule has 0 spiro atoms. The molecule has 0 fully saturated rings. The summed E-state index contributed by atoms with van der Waals surface area (Å²) < 4.78 is 5.09. The molecule has 0 aliphatic heterocycles. The topological polar surface area (TPSA) is 63.2 Å². The van der Waals surface area contributed by atoms with Crippen LogP contribution in [-0.2, 0) is 0 Å². The average molecular weight is 368 g/mol. The molecule has 3 rings (SSSR count). The molecule has 0 unspecified atom stereocenters. The Labute approximate surface area is 157 Å². The van der Waals surface area contributed by atoms with E-state index < -0.39 is 0 Å². The number of methoxy groups -OCH3 is 1. The summed E-state index contributed by atoms with van der Waals surface area (Å²) in [5, 5.41) is 5.96. The maximum atomic E-state index is 12.1. The number of amides is 2. The summed E-state index contributed by atoms with van der Waals surface area (Å²) in [5.41, 5.74) is 4.38. The fourth-order valence-corrected chi connectivity index (χ4v) is 2.77. The van der Waals surface area contributed by atoms with Crippen LogP contribution in [0.2, 0.25) is 5.02 Å². The highest BCUT2D eigenvalue weighted by atomic mass is 35.5. The summed E-state index contributed by atoms with van der Waals surface area (Å²) in [5.74, 6) is 0.555. The van der Waals surface area contributed by atoms with Crippen LogP contribution in [-0.4, -0.2) is 18.1 Å². The zero-order chi connectivity index (χ0) is 18.5. The van der Waals surface area contributed by atoms with E-state index in [9.17, 15) is 4.79 Å². The van der Waals surface area contributed by atoms with Gasteiger partial charge in [-0.3, -0.25) is 4.98 Å². The Morgan fingerprint density at radius 1 is 0.962 bits per heavy atom. The van der Waals surface area contributed by atoms with Crippen molar-refractivity contribution in [1.29, 1.82) is 0 Å². The first-order valence-electron chi connectivity index (χ1n) is 8.00. The van der Waals surface area contributed by atoms with E-state index in [0.29, 0.717) is 22.1 Å². The number of carbonyl (C=O) groups excluding carboxylic acids is 1. The number of rotatable bonds is 4. The third kappa shape index (κ3) is 4.32. The highest BCUT2D eigenvalue weighted by Gasteiger charge is 2.06. The molecule has 6 heteroatoms. The molecule has 0 aliphatic carbocycles. The Kier molecular flexibility index (Phi) is 5.39. The normalized spacial score (nSPS) is 10.3. The third-order valence-corrected chi connectivity index (χ3v) is 4.08. The second kappa shape index (κ2) is 7.89. The van der Waals surface area contributed by atoms with Crippen molar-refractivity contribution < 1.29 is 9.53 Å². The monoisotopic (exact) mass is 367 g/mol. The third-order valence-electron chi connectivity index (χ3n) is 3.78. The molecule has 0 saturated heterocycles. The minimum atomic E-state index is -0.348. The van der Waals surface area contributed by atoms with Gasteiger partial charge in [0, 0.05) is 23.3 Å². The van der Waals surface area contributed by atoms with Crippen LogP contribution < -0.4 is 15.4 Å². The van der Waals surface area contributed by atoms with Crippen LogP contribution >= 0.6 is 11.6 Å². The first-order valence-corrected chi connectivity index (χ1v) is 8.37. The number of carbonyl (C=O) groups is 1. The van der Waals surface area contributed by atoms with Crippen molar-refractivity contribution >= 4 is 29.0 Å². The molecule has 2 aromatic carbocycles. The van der Waals surface area contributed by atoms with Gasteiger partial charge in [-0.2, -0.15) is 0 Å². The number of nitrogens with zero attached hydrogens (tertiary/aromatic N) is 1. The van der Waals surface area contributed by atoms with Crippen LogP contribution in [0.15, 0.2) is 60.8 Å². The first-order chi connectivity index (χ1) is 12.5. The van der Waals surface area contributed by atoms with Gasteiger partial charge in [0.2, 0.25) is 0 Å². The summed E-state index contributed by atoms with van der Waals surface area (Å²) in [6.07, 6.45) is 1.78. The quantitative estimate of drug-likeness (QED) is 0.652. The number of benzene rings is 2. The molecule has 0 saturated carbocycles. The number of anilines is 2. The summed E-state index contributed by atoms with van der Waals surface area (Å²) >= 11 is 6.06. The number of pyridine rings is 1. The van der Waals surface area contributed by atoms with Crippen molar-refractivity contribution in [3.63, 3.8) is 0 Å². The maximum absolute atomic E-state index is 12.1. The number of ether oxygens (including phenoxy) is 1. The molecular formula is C20H18ClN3O2. The molecular weight excluding hydrogens is 350 g/mol. The van der Waals surface area contributed by atoms with E-state index in [1.165, 1.54) is 7.11 Å². The van der Waals surface area contributed by atoms with Crippen molar-refractivity contribution in [3.8, 4) is 16.9 Å². The van der Waals surface area contributed by atoms with E-state index in [-0.39, 0.29) is 6.03 Å². The van der Waals surface area contributed by atoms with E-state index in [2.05, 4.69) is 15.6 Å².